The standard InChI is InChI=1S/C28H50N2O4/c1-25(2)15-21(27(5,6)29(25)9)17-33-23(31)19-11-13-20(14-12-19)24(32)34-18-22-16-26(3,4)30(10)28(22,7)8/h19-22H,11-18H2,1-10H3. The zero-order valence-corrected chi connectivity index (χ0v) is 23.5. The van der Waals surface area contributed by atoms with Crippen LogP contribution in [0.1, 0.15) is 93.9 Å². The van der Waals surface area contributed by atoms with Crippen molar-refractivity contribution in [3.05, 3.63) is 0 Å². The van der Waals surface area contributed by atoms with Crippen LogP contribution < -0.4 is 0 Å². The van der Waals surface area contributed by atoms with Crippen LogP contribution in [0.4, 0.5) is 0 Å². The van der Waals surface area contributed by atoms with Gasteiger partial charge in [-0.15, -0.1) is 0 Å². The number of hydrogen-bond acceptors (Lipinski definition) is 6. The van der Waals surface area contributed by atoms with Gasteiger partial charge >= 0.3 is 11.9 Å². The second-order valence-corrected chi connectivity index (χ2v) is 13.7. The minimum atomic E-state index is -0.0949. The third-order valence-corrected chi connectivity index (χ3v) is 10.3. The maximum absolute atomic E-state index is 12.8. The molecular weight excluding hydrogens is 428 g/mol. The Balaban J connectivity index is 1.43. The molecule has 0 spiro atoms. The first-order valence-electron chi connectivity index (χ1n) is 13.3. The molecule has 2 atom stereocenters. The molecule has 0 amide bonds. The molecule has 1 saturated carbocycles. The van der Waals surface area contributed by atoms with Crippen molar-refractivity contribution in [2.45, 2.75) is 116 Å². The van der Waals surface area contributed by atoms with Crippen LogP contribution >= 0.6 is 0 Å². The summed E-state index contributed by atoms with van der Waals surface area (Å²) in [5.41, 5.74) is 0.224. The van der Waals surface area contributed by atoms with Crippen LogP contribution in [0.15, 0.2) is 0 Å². The number of ether oxygens (including phenoxy) is 2. The van der Waals surface area contributed by atoms with Crippen LogP contribution in [0.25, 0.3) is 0 Å². The molecule has 3 rings (SSSR count). The predicted molar refractivity (Wildman–Crippen MR) is 135 cm³/mol. The largest absolute Gasteiger partial charge is 0.465 e. The van der Waals surface area contributed by atoms with Crippen molar-refractivity contribution >= 4 is 11.9 Å². The summed E-state index contributed by atoms with van der Waals surface area (Å²) in [5, 5.41) is 0. The SMILES string of the molecule is CN1C(C)(C)CC(COC(=O)C2CCC(C(=O)OCC3CC(C)(C)N(C)C3(C)C)CC2)C1(C)C. The normalized spacial score (nSPS) is 34.6. The molecule has 0 aromatic heterocycles. The summed E-state index contributed by atoms with van der Waals surface area (Å²) < 4.78 is 11.6. The van der Waals surface area contributed by atoms with Gasteiger partial charge in [0, 0.05) is 34.0 Å². The fourth-order valence-corrected chi connectivity index (χ4v) is 6.78. The first-order chi connectivity index (χ1) is 15.5. The van der Waals surface area contributed by atoms with Gasteiger partial charge in [0.2, 0.25) is 0 Å². The minimum absolute atomic E-state index is 0.00308. The molecule has 2 heterocycles. The molecule has 0 N–H and O–H groups in total. The molecule has 2 saturated heterocycles. The molecule has 2 aliphatic heterocycles. The van der Waals surface area contributed by atoms with Gasteiger partial charge in [-0.2, -0.15) is 0 Å². The summed E-state index contributed by atoms with van der Waals surface area (Å²) in [6, 6.07) is 0. The number of esters is 2. The smallest absolute Gasteiger partial charge is 0.308 e. The molecule has 6 nitrogen and oxygen atoms in total. The quantitative estimate of drug-likeness (QED) is 0.506. The zero-order valence-electron chi connectivity index (χ0n) is 23.5. The van der Waals surface area contributed by atoms with Crippen molar-refractivity contribution in [3.63, 3.8) is 0 Å². The van der Waals surface area contributed by atoms with Gasteiger partial charge in [-0.3, -0.25) is 19.4 Å². The Hall–Kier alpha value is -1.14. The Morgan fingerprint density at radius 3 is 1.18 bits per heavy atom. The third-order valence-electron chi connectivity index (χ3n) is 10.3. The maximum atomic E-state index is 12.8. The number of rotatable bonds is 6. The average Bonchev–Trinajstić information content (AvgIpc) is 3.02. The van der Waals surface area contributed by atoms with Crippen LogP contribution in [0.3, 0.4) is 0 Å². The summed E-state index contributed by atoms with van der Waals surface area (Å²) in [7, 11) is 4.32. The summed E-state index contributed by atoms with van der Waals surface area (Å²) in [6.07, 6.45) is 4.89. The van der Waals surface area contributed by atoms with E-state index in [1.165, 1.54) is 0 Å². The zero-order chi connectivity index (χ0) is 25.7. The molecule has 0 aromatic rings. The first-order valence-corrected chi connectivity index (χ1v) is 13.3. The highest BCUT2D eigenvalue weighted by Gasteiger charge is 2.51. The fourth-order valence-electron chi connectivity index (χ4n) is 6.78. The average molecular weight is 479 g/mol. The fraction of sp³-hybridized carbons (Fsp3) is 0.929. The Kier molecular flexibility index (Phi) is 7.58. The molecule has 196 valence electrons. The Labute approximate surface area is 208 Å². The van der Waals surface area contributed by atoms with E-state index in [4.69, 9.17) is 9.47 Å². The van der Waals surface area contributed by atoms with E-state index in [0.29, 0.717) is 50.7 Å². The molecule has 0 aromatic carbocycles. The maximum Gasteiger partial charge on any atom is 0.308 e. The van der Waals surface area contributed by atoms with E-state index >= 15 is 0 Å². The molecule has 2 unspecified atom stereocenters. The highest BCUT2D eigenvalue weighted by atomic mass is 16.5. The van der Waals surface area contributed by atoms with Gasteiger partial charge in [0.15, 0.2) is 0 Å². The van der Waals surface area contributed by atoms with E-state index in [-0.39, 0.29) is 45.9 Å². The third kappa shape index (κ3) is 5.18. The highest BCUT2D eigenvalue weighted by Crippen LogP contribution is 2.45. The predicted octanol–water partition coefficient (Wildman–Crippen LogP) is 4.90. The lowest BCUT2D eigenvalue weighted by atomic mass is 9.82. The lowest BCUT2D eigenvalue weighted by molar-refractivity contribution is -0.157. The second kappa shape index (κ2) is 9.38. The van der Waals surface area contributed by atoms with E-state index in [9.17, 15) is 9.59 Å². The van der Waals surface area contributed by atoms with Gasteiger partial charge in [-0.25, -0.2) is 0 Å². The number of carbonyl (C=O) groups excluding carboxylic acids is 2. The first kappa shape index (κ1) is 27.4. The highest BCUT2D eigenvalue weighted by molar-refractivity contribution is 5.75. The number of hydrogen-bond donors (Lipinski definition) is 0. The lowest BCUT2D eigenvalue weighted by Gasteiger charge is -2.38. The molecule has 0 radical (unpaired) electrons. The second-order valence-electron chi connectivity index (χ2n) is 13.7. The van der Waals surface area contributed by atoms with Gasteiger partial charge in [0.25, 0.3) is 0 Å². The van der Waals surface area contributed by atoms with Crippen molar-refractivity contribution in [3.8, 4) is 0 Å². The summed E-state index contributed by atoms with van der Waals surface area (Å²) in [6.45, 7) is 18.9. The Morgan fingerprint density at radius 1 is 0.647 bits per heavy atom. The van der Waals surface area contributed by atoms with Crippen molar-refractivity contribution in [2.24, 2.45) is 23.7 Å². The van der Waals surface area contributed by atoms with E-state index in [1.54, 1.807) is 0 Å². The molecule has 1 aliphatic carbocycles. The minimum Gasteiger partial charge on any atom is -0.465 e. The van der Waals surface area contributed by atoms with Crippen molar-refractivity contribution in [1.82, 2.24) is 9.80 Å². The molecule has 34 heavy (non-hydrogen) atoms. The molecule has 3 aliphatic rings. The van der Waals surface area contributed by atoms with Crippen LogP contribution in [-0.4, -0.2) is 71.2 Å². The van der Waals surface area contributed by atoms with Gasteiger partial charge in [-0.1, -0.05) is 0 Å². The van der Waals surface area contributed by atoms with Gasteiger partial charge in [0.1, 0.15) is 0 Å². The van der Waals surface area contributed by atoms with Gasteiger partial charge in [0.05, 0.1) is 25.0 Å². The molecular formula is C28H50N2O4. The monoisotopic (exact) mass is 478 g/mol. The Bertz CT molecular complexity index is 700. The molecule has 6 heteroatoms. The summed E-state index contributed by atoms with van der Waals surface area (Å²) >= 11 is 0. The number of carbonyl (C=O) groups is 2. The molecule has 0 bridgehead atoms. The molecule has 3 fully saturated rings. The van der Waals surface area contributed by atoms with Crippen LogP contribution in [0, 0.1) is 23.7 Å². The van der Waals surface area contributed by atoms with Crippen LogP contribution in [-0.2, 0) is 19.1 Å². The van der Waals surface area contributed by atoms with E-state index in [1.807, 2.05) is 0 Å². The topological polar surface area (TPSA) is 59.1 Å². The summed E-state index contributed by atoms with van der Waals surface area (Å²) in [4.78, 5) is 30.4. The van der Waals surface area contributed by atoms with Crippen molar-refractivity contribution in [2.75, 3.05) is 27.3 Å². The Morgan fingerprint density at radius 2 is 0.941 bits per heavy atom. The van der Waals surface area contributed by atoms with Crippen LogP contribution in [0.5, 0.6) is 0 Å². The van der Waals surface area contributed by atoms with E-state index < -0.39 is 0 Å². The van der Waals surface area contributed by atoms with Crippen LogP contribution in [0.2, 0.25) is 0 Å². The lowest BCUT2D eigenvalue weighted by Crippen LogP contribution is -2.47. The number of nitrogens with zero attached hydrogens (tertiary/aromatic N) is 2. The van der Waals surface area contributed by atoms with Gasteiger partial charge < -0.3 is 9.47 Å². The van der Waals surface area contributed by atoms with Gasteiger partial charge in [-0.05, 0) is 108 Å². The van der Waals surface area contributed by atoms with Crippen molar-refractivity contribution in [1.29, 1.82) is 0 Å². The number of likely N-dealkylation sites (tertiary alicyclic amines) is 2. The van der Waals surface area contributed by atoms with E-state index in [0.717, 1.165) is 12.8 Å². The summed E-state index contributed by atoms with van der Waals surface area (Å²) in [5.74, 6) is 0.282. The van der Waals surface area contributed by atoms with E-state index in [2.05, 4.69) is 79.3 Å². The van der Waals surface area contributed by atoms with Crippen molar-refractivity contribution < 1.29 is 19.1 Å².